The lowest BCUT2D eigenvalue weighted by Gasteiger charge is -2.34. The van der Waals surface area contributed by atoms with E-state index in [9.17, 15) is 8.42 Å². The first-order valence-corrected chi connectivity index (χ1v) is 11.6. The van der Waals surface area contributed by atoms with Crippen LogP contribution < -0.4 is 0 Å². The quantitative estimate of drug-likeness (QED) is 0.621. The van der Waals surface area contributed by atoms with Gasteiger partial charge in [0.1, 0.15) is 5.65 Å². The van der Waals surface area contributed by atoms with Gasteiger partial charge in [0.2, 0.25) is 10.0 Å². The highest BCUT2D eigenvalue weighted by molar-refractivity contribution is 7.89. The van der Waals surface area contributed by atoms with E-state index >= 15 is 0 Å². The number of nitrogens with zero attached hydrogens (tertiary/aromatic N) is 4. The van der Waals surface area contributed by atoms with E-state index in [0.717, 1.165) is 37.3 Å². The van der Waals surface area contributed by atoms with Crippen molar-refractivity contribution in [3.05, 3.63) is 58.9 Å². The van der Waals surface area contributed by atoms with Crippen LogP contribution in [0.4, 0.5) is 0 Å². The van der Waals surface area contributed by atoms with Crippen molar-refractivity contribution in [2.75, 3.05) is 32.7 Å². The smallest absolute Gasteiger partial charge is 0.243 e. The number of hydrogen-bond donors (Lipinski definition) is 0. The molecule has 0 unspecified atom stereocenters. The number of pyridine rings is 1. The topological polar surface area (TPSA) is 58.4 Å². The molecule has 0 spiro atoms. The number of hydrogen-bond acceptors (Lipinski definition) is 4. The van der Waals surface area contributed by atoms with Crippen LogP contribution in [0.1, 0.15) is 11.1 Å². The summed E-state index contributed by atoms with van der Waals surface area (Å²) in [6, 6.07) is 9.01. The molecule has 0 atom stereocenters. The van der Waals surface area contributed by atoms with Gasteiger partial charge in [-0.2, -0.15) is 4.31 Å². The zero-order valence-electron chi connectivity index (χ0n) is 16.7. The molecule has 1 aliphatic heterocycles. The second-order valence-electron chi connectivity index (χ2n) is 7.55. The van der Waals surface area contributed by atoms with E-state index in [-0.39, 0.29) is 4.90 Å². The van der Waals surface area contributed by atoms with Gasteiger partial charge in [-0.1, -0.05) is 17.7 Å². The monoisotopic (exact) mass is 432 g/mol. The minimum Gasteiger partial charge on any atom is -0.335 e. The molecule has 1 aromatic carbocycles. The van der Waals surface area contributed by atoms with Crippen molar-refractivity contribution in [3.63, 3.8) is 0 Å². The van der Waals surface area contributed by atoms with Gasteiger partial charge in [0.15, 0.2) is 0 Å². The molecular formula is C21H25ClN4O2S. The molecule has 3 aromatic rings. The van der Waals surface area contributed by atoms with Crippen LogP contribution in [0.15, 0.2) is 47.6 Å². The summed E-state index contributed by atoms with van der Waals surface area (Å²) in [5.74, 6) is 0. The number of rotatable bonds is 5. The van der Waals surface area contributed by atoms with Crippen LogP contribution >= 0.6 is 11.6 Å². The zero-order chi connectivity index (χ0) is 20.6. The van der Waals surface area contributed by atoms with Crippen molar-refractivity contribution >= 4 is 32.7 Å². The summed E-state index contributed by atoms with van der Waals surface area (Å²) in [6.07, 6.45) is 4.87. The Balaban J connectivity index is 1.38. The lowest BCUT2D eigenvalue weighted by molar-refractivity contribution is 0.190. The number of piperazine rings is 1. The Morgan fingerprint density at radius 1 is 1.14 bits per heavy atom. The molecular weight excluding hydrogens is 408 g/mol. The van der Waals surface area contributed by atoms with Crippen molar-refractivity contribution in [2.24, 2.45) is 7.05 Å². The molecule has 6 nitrogen and oxygen atoms in total. The predicted molar refractivity (Wildman–Crippen MR) is 116 cm³/mol. The van der Waals surface area contributed by atoms with Gasteiger partial charge in [0.05, 0.1) is 4.90 Å². The Kier molecular flexibility index (Phi) is 5.66. The van der Waals surface area contributed by atoms with E-state index in [2.05, 4.69) is 26.7 Å². The van der Waals surface area contributed by atoms with Crippen molar-refractivity contribution in [2.45, 2.75) is 18.2 Å². The number of sulfonamides is 1. The Hall–Kier alpha value is -1.93. The van der Waals surface area contributed by atoms with E-state index in [0.29, 0.717) is 18.1 Å². The molecule has 29 heavy (non-hydrogen) atoms. The number of halogens is 1. The van der Waals surface area contributed by atoms with Crippen molar-refractivity contribution in [1.82, 2.24) is 18.8 Å². The summed E-state index contributed by atoms with van der Waals surface area (Å²) in [6.45, 7) is 5.20. The van der Waals surface area contributed by atoms with Gasteiger partial charge < -0.3 is 9.47 Å². The number of fused-ring (bicyclic) bond motifs is 1. The number of aromatic nitrogens is 2. The summed E-state index contributed by atoms with van der Waals surface area (Å²) >= 11 is 6.13. The lowest BCUT2D eigenvalue weighted by atomic mass is 10.1. The largest absolute Gasteiger partial charge is 0.335 e. The molecule has 1 saturated heterocycles. The molecule has 8 heteroatoms. The van der Waals surface area contributed by atoms with Gasteiger partial charge in [0.25, 0.3) is 0 Å². The minimum absolute atomic E-state index is 0.268. The van der Waals surface area contributed by atoms with Crippen LogP contribution in [0.2, 0.25) is 5.02 Å². The number of benzene rings is 1. The Morgan fingerprint density at radius 3 is 2.62 bits per heavy atom. The molecule has 0 N–H and O–H groups in total. The van der Waals surface area contributed by atoms with Gasteiger partial charge in [-0.3, -0.25) is 0 Å². The highest BCUT2D eigenvalue weighted by Crippen LogP contribution is 2.24. The minimum atomic E-state index is -3.51. The Bertz CT molecular complexity index is 1130. The molecule has 0 radical (unpaired) electrons. The average Bonchev–Trinajstić information content (AvgIpc) is 3.05. The maximum absolute atomic E-state index is 12.9. The average molecular weight is 433 g/mol. The van der Waals surface area contributed by atoms with E-state index in [1.165, 1.54) is 10.9 Å². The van der Waals surface area contributed by atoms with E-state index in [1.54, 1.807) is 22.5 Å². The first-order chi connectivity index (χ1) is 13.9. The van der Waals surface area contributed by atoms with Crippen molar-refractivity contribution in [1.29, 1.82) is 0 Å². The second kappa shape index (κ2) is 8.07. The summed E-state index contributed by atoms with van der Waals surface area (Å²) < 4.78 is 29.5. The molecule has 1 fully saturated rings. The third-order valence-corrected chi connectivity index (χ3v) is 7.93. The molecule has 0 bridgehead atoms. The van der Waals surface area contributed by atoms with Crippen molar-refractivity contribution < 1.29 is 8.42 Å². The SMILES string of the molecule is Cc1ccc(S(=O)(=O)N2CCN(CCc3cn(C)c4ncccc34)CC2)cc1Cl. The van der Waals surface area contributed by atoms with Crippen LogP contribution in [-0.4, -0.2) is 59.9 Å². The van der Waals surface area contributed by atoms with E-state index in [4.69, 9.17) is 11.6 Å². The predicted octanol–water partition coefficient (Wildman–Crippen LogP) is 3.08. The molecule has 0 saturated carbocycles. The summed E-state index contributed by atoms with van der Waals surface area (Å²) in [4.78, 5) is 7.03. The van der Waals surface area contributed by atoms with Gasteiger partial charge in [-0.25, -0.2) is 13.4 Å². The third kappa shape index (κ3) is 4.05. The first-order valence-electron chi connectivity index (χ1n) is 9.74. The van der Waals surface area contributed by atoms with Crippen LogP contribution in [0.5, 0.6) is 0 Å². The molecule has 0 aliphatic carbocycles. The van der Waals surface area contributed by atoms with Gasteiger partial charge in [0, 0.05) is 62.6 Å². The van der Waals surface area contributed by atoms with Crippen LogP contribution in [0, 0.1) is 6.92 Å². The molecule has 3 heterocycles. The van der Waals surface area contributed by atoms with Crippen LogP contribution in [0.25, 0.3) is 11.0 Å². The molecule has 2 aromatic heterocycles. The summed E-state index contributed by atoms with van der Waals surface area (Å²) in [5.41, 5.74) is 3.15. The highest BCUT2D eigenvalue weighted by atomic mass is 35.5. The standard InChI is InChI=1S/C21H25ClN4O2S/c1-16-5-6-18(14-20(16)22)29(27,28)26-12-10-25(11-13-26)9-7-17-15-24(2)21-19(17)4-3-8-23-21/h3-6,8,14-15H,7,9-13H2,1-2H3. The summed E-state index contributed by atoms with van der Waals surface area (Å²) in [7, 11) is -1.49. The third-order valence-electron chi connectivity index (χ3n) is 5.63. The summed E-state index contributed by atoms with van der Waals surface area (Å²) in [5, 5.41) is 1.67. The Labute approximate surface area is 176 Å². The molecule has 0 amide bonds. The molecule has 1 aliphatic rings. The molecule has 154 valence electrons. The fourth-order valence-electron chi connectivity index (χ4n) is 3.85. The van der Waals surface area contributed by atoms with Crippen molar-refractivity contribution in [3.8, 4) is 0 Å². The van der Waals surface area contributed by atoms with Gasteiger partial charge >= 0.3 is 0 Å². The maximum atomic E-state index is 12.9. The fourth-order valence-corrected chi connectivity index (χ4v) is 5.54. The van der Waals surface area contributed by atoms with E-state index < -0.39 is 10.0 Å². The number of aryl methyl sites for hydroxylation is 2. The van der Waals surface area contributed by atoms with Gasteiger partial charge in [-0.05, 0) is 48.7 Å². The van der Waals surface area contributed by atoms with E-state index in [1.807, 2.05) is 26.2 Å². The normalized spacial score (nSPS) is 16.5. The van der Waals surface area contributed by atoms with Crippen LogP contribution in [0.3, 0.4) is 0 Å². The molecule has 4 rings (SSSR count). The Morgan fingerprint density at radius 2 is 1.90 bits per heavy atom. The first kappa shape index (κ1) is 20.3. The van der Waals surface area contributed by atoms with Gasteiger partial charge in [-0.15, -0.1) is 0 Å². The maximum Gasteiger partial charge on any atom is 0.243 e. The lowest BCUT2D eigenvalue weighted by Crippen LogP contribution is -2.49. The highest BCUT2D eigenvalue weighted by Gasteiger charge is 2.28. The fraction of sp³-hybridized carbons (Fsp3) is 0.381. The zero-order valence-corrected chi connectivity index (χ0v) is 18.2. The second-order valence-corrected chi connectivity index (χ2v) is 9.89. The van der Waals surface area contributed by atoms with Crippen LogP contribution in [-0.2, 0) is 23.5 Å².